The number of nitrogens with two attached hydrogens (primary N) is 1. The number of hydrogen-bond acceptors (Lipinski definition) is 3. The summed E-state index contributed by atoms with van der Waals surface area (Å²) < 4.78 is 18.8. The number of para-hydroxylation sites is 1. The Hall–Kier alpha value is -2.07. The third-order valence-electron chi connectivity index (χ3n) is 2.84. The van der Waals surface area contributed by atoms with Crippen molar-refractivity contribution in [3.05, 3.63) is 59.4 Å². The van der Waals surface area contributed by atoms with Crippen molar-refractivity contribution in [2.24, 2.45) is 0 Å². The van der Waals surface area contributed by atoms with Gasteiger partial charge in [-0.3, -0.25) is 0 Å². The summed E-state index contributed by atoms with van der Waals surface area (Å²) in [6, 6.07) is 11.6. The smallest absolute Gasteiger partial charge is 0.165 e. The number of aliphatic hydroxyl groups excluding tert-OH is 1. The lowest BCUT2D eigenvalue weighted by Crippen LogP contribution is -2.12. The fraction of sp³-hybridized carbons (Fsp3) is 0.200. The first-order valence-corrected chi connectivity index (χ1v) is 5.99. The SMILES string of the molecule is Cc1ccc(F)c(OCC(O)c2ccccc2N)c1. The number of benzene rings is 2. The van der Waals surface area contributed by atoms with E-state index >= 15 is 0 Å². The van der Waals surface area contributed by atoms with Gasteiger partial charge in [0.15, 0.2) is 11.6 Å². The molecular weight excluding hydrogens is 245 g/mol. The van der Waals surface area contributed by atoms with Crippen LogP contribution in [-0.4, -0.2) is 11.7 Å². The molecule has 0 saturated carbocycles. The molecule has 0 aliphatic carbocycles. The Morgan fingerprint density at radius 2 is 2.00 bits per heavy atom. The quantitative estimate of drug-likeness (QED) is 0.832. The summed E-state index contributed by atoms with van der Waals surface area (Å²) >= 11 is 0. The van der Waals surface area contributed by atoms with Gasteiger partial charge in [-0.25, -0.2) is 4.39 Å². The zero-order valence-corrected chi connectivity index (χ0v) is 10.6. The van der Waals surface area contributed by atoms with Gasteiger partial charge in [-0.05, 0) is 30.7 Å². The molecule has 100 valence electrons. The molecule has 0 fully saturated rings. The number of aliphatic hydroxyl groups is 1. The number of hydrogen-bond donors (Lipinski definition) is 2. The maximum atomic E-state index is 13.5. The van der Waals surface area contributed by atoms with E-state index in [-0.39, 0.29) is 12.4 Å². The van der Waals surface area contributed by atoms with Crippen molar-refractivity contribution in [1.82, 2.24) is 0 Å². The van der Waals surface area contributed by atoms with Crippen molar-refractivity contribution in [1.29, 1.82) is 0 Å². The summed E-state index contributed by atoms with van der Waals surface area (Å²) in [5.41, 5.74) is 7.72. The number of halogens is 1. The van der Waals surface area contributed by atoms with E-state index in [9.17, 15) is 9.50 Å². The van der Waals surface area contributed by atoms with E-state index in [1.165, 1.54) is 6.07 Å². The van der Waals surface area contributed by atoms with Gasteiger partial charge in [0, 0.05) is 11.3 Å². The predicted octanol–water partition coefficient (Wildman–Crippen LogP) is 2.83. The highest BCUT2D eigenvalue weighted by molar-refractivity contribution is 5.47. The Morgan fingerprint density at radius 1 is 1.26 bits per heavy atom. The zero-order chi connectivity index (χ0) is 13.8. The van der Waals surface area contributed by atoms with Crippen LogP contribution in [0.5, 0.6) is 5.75 Å². The Balaban J connectivity index is 2.06. The summed E-state index contributed by atoms with van der Waals surface area (Å²) in [6.45, 7) is 1.80. The molecule has 0 heterocycles. The van der Waals surface area contributed by atoms with Gasteiger partial charge in [-0.2, -0.15) is 0 Å². The van der Waals surface area contributed by atoms with Crippen molar-refractivity contribution >= 4 is 5.69 Å². The maximum Gasteiger partial charge on any atom is 0.165 e. The van der Waals surface area contributed by atoms with Crippen LogP contribution in [0.4, 0.5) is 10.1 Å². The van der Waals surface area contributed by atoms with Crippen LogP contribution in [0.1, 0.15) is 17.2 Å². The van der Waals surface area contributed by atoms with E-state index in [4.69, 9.17) is 10.5 Å². The highest BCUT2D eigenvalue weighted by atomic mass is 19.1. The molecule has 0 radical (unpaired) electrons. The molecule has 3 N–H and O–H groups in total. The topological polar surface area (TPSA) is 55.5 Å². The summed E-state index contributed by atoms with van der Waals surface area (Å²) in [7, 11) is 0. The molecule has 0 saturated heterocycles. The largest absolute Gasteiger partial charge is 0.487 e. The van der Waals surface area contributed by atoms with E-state index in [0.29, 0.717) is 11.3 Å². The van der Waals surface area contributed by atoms with E-state index < -0.39 is 11.9 Å². The first-order chi connectivity index (χ1) is 9.08. The predicted molar refractivity (Wildman–Crippen MR) is 72.4 cm³/mol. The fourth-order valence-electron chi connectivity index (χ4n) is 1.79. The zero-order valence-electron chi connectivity index (χ0n) is 10.6. The minimum absolute atomic E-state index is 0.0470. The number of anilines is 1. The number of ether oxygens (including phenoxy) is 1. The van der Waals surface area contributed by atoms with Crippen LogP contribution in [0.25, 0.3) is 0 Å². The van der Waals surface area contributed by atoms with Crippen LogP contribution < -0.4 is 10.5 Å². The van der Waals surface area contributed by atoms with E-state index in [1.807, 2.05) is 6.92 Å². The van der Waals surface area contributed by atoms with Crippen molar-refractivity contribution in [3.8, 4) is 5.75 Å². The average Bonchev–Trinajstić information content (AvgIpc) is 2.40. The van der Waals surface area contributed by atoms with Crippen molar-refractivity contribution in [3.63, 3.8) is 0 Å². The second kappa shape index (κ2) is 5.71. The van der Waals surface area contributed by atoms with Crippen LogP contribution in [0, 0.1) is 12.7 Å². The molecule has 2 aromatic carbocycles. The van der Waals surface area contributed by atoms with Crippen molar-refractivity contribution < 1.29 is 14.2 Å². The molecule has 1 unspecified atom stereocenters. The summed E-state index contributed by atoms with van der Waals surface area (Å²) in [5.74, 6) is -0.313. The molecule has 2 rings (SSSR count). The minimum atomic E-state index is -0.888. The molecule has 3 nitrogen and oxygen atoms in total. The molecule has 1 atom stereocenters. The Morgan fingerprint density at radius 3 is 2.74 bits per heavy atom. The molecular formula is C15H16FNO2. The molecule has 0 aliphatic rings. The van der Waals surface area contributed by atoms with Crippen molar-refractivity contribution in [2.75, 3.05) is 12.3 Å². The van der Waals surface area contributed by atoms with Crippen LogP contribution in [0.15, 0.2) is 42.5 Å². The van der Waals surface area contributed by atoms with Crippen LogP contribution >= 0.6 is 0 Å². The second-order valence-corrected chi connectivity index (χ2v) is 4.39. The van der Waals surface area contributed by atoms with Gasteiger partial charge in [0.2, 0.25) is 0 Å². The van der Waals surface area contributed by atoms with Crippen molar-refractivity contribution in [2.45, 2.75) is 13.0 Å². The molecule has 0 aromatic heterocycles. The summed E-state index contributed by atoms with van der Waals surface area (Å²) in [6.07, 6.45) is -0.888. The minimum Gasteiger partial charge on any atom is -0.487 e. The fourth-order valence-corrected chi connectivity index (χ4v) is 1.79. The summed E-state index contributed by atoms with van der Waals surface area (Å²) in [5, 5.41) is 10.00. The van der Waals surface area contributed by atoms with Gasteiger partial charge in [0.1, 0.15) is 12.7 Å². The van der Waals surface area contributed by atoms with Gasteiger partial charge in [0.05, 0.1) is 0 Å². The molecule has 2 aromatic rings. The number of rotatable bonds is 4. The third-order valence-corrected chi connectivity index (χ3v) is 2.84. The third kappa shape index (κ3) is 3.23. The Kier molecular flexibility index (Phi) is 4.02. The van der Waals surface area contributed by atoms with Gasteiger partial charge in [-0.15, -0.1) is 0 Å². The first-order valence-electron chi connectivity index (χ1n) is 5.99. The van der Waals surface area contributed by atoms with Crippen LogP contribution in [-0.2, 0) is 0 Å². The lowest BCUT2D eigenvalue weighted by Gasteiger charge is -2.15. The van der Waals surface area contributed by atoms with Gasteiger partial charge >= 0.3 is 0 Å². The highest BCUT2D eigenvalue weighted by Gasteiger charge is 2.12. The van der Waals surface area contributed by atoms with Gasteiger partial charge in [-0.1, -0.05) is 24.3 Å². The Bertz CT molecular complexity index is 572. The van der Waals surface area contributed by atoms with Crippen LogP contribution in [0.3, 0.4) is 0 Å². The standard InChI is InChI=1S/C15H16FNO2/c1-10-6-7-12(16)15(8-10)19-9-14(18)11-4-2-3-5-13(11)17/h2-8,14,18H,9,17H2,1H3. The molecule has 0 aliphatic heterocycles. The molecule has 0 bridgehead atoms. The lowest BCUT2D eigenvalue weighted by atomic mass is 10.1. The van der Waals surface area contributed by atoms with E-state index in [0.717, 1.165) is 5.56 Å². The van der Waals surface area contributed by atoms with Gasteiger partial charge < -0.3 is 15.6 Å². The Labute approximate surface area is 111 Å². The maximum absolute atomic E-state index is 13.5. The molecule has 0 spiro atoms. The number of aryl methyl sites for hydroxylation is 1. The lowest BCUT2D eigenvalue weighted by molar-refractivity contribution is 0.106. The second-order valence-electron chi connectivity index (χ2n) is 4.39. The van der Waals surface area contributed by atoms with E-state index in [2.05, 4.69) is 0 Å². The normalized spacial score (nSPS) is 12.2. The van der Waals surface area contributed by atoms with E-state index in [1.54, 1.807) is 36.4 Å². The number of nitrogen functional groups attached to an aromatic ring is 1. The molecule has 4 heteroatoms. The van der Waals surface area contributed by atoms with Crippen LogP contribution in [0.2, 0.25) is 0 Å². The summed E-state index contributed by atoms with van der Waals surface area (Å²) in [4.78, 5) is 0. The highest BCUT2D eigenvalue weighted by Crippen LogP contribution is 2.23. The monoisotopic (exact) mass is 261 g/mol. The molecule has 0 amide bonds. The van der Waals surface area contributed by atoms with Gasteiger partial charge in [0.25, 0.3) is 0 Å². The average molecular weight is 261 g/mol. The molecule has 19 heavy (non-hydrogen) atoms. The first kappa shape index (κ1) is 13.4.